The van der Waals surface area contributed by atoms with Crippen molar-refractivity contribution in [2.75, 3.05) is 0 Å². The van der Waals surface area contributed by atoms with Crippen LogP contribution in [0.4, 0.5) is 0 Å². The minimum atomic E-state index is -0.690. The molecule has 2 nitrogen and oxygen atoms in total. The summed E-state index contributed by atoms with van der Waals surface area (Å²) < 4.78 is 0. The standard InChI is InChI=1S/C27H29NO/c1-5-24(21-15-9-6-10-16-21)27(26(2,3)4,23-19-13-8-14-20-23)28-25(29)22-17-11-7-12-18-22/h5-20,24H,1H2,2-4H3,(H,28,29). The zero-order chi connectivity index (χ0) is 20.9. The van der Waals surface area contributed by atoms with Crippen molar-refractivity contribution in [3.8, 4) is 0 Å². The third kappa shape index (κ3) is 4.02. The summed E-state index contributed by atoms with van der Waals surface area (Å²) in [6.45, 7) is 10.7. The third-order valence-corrected chi connectivity index (χ3v) is 5.62. The molecule has 2 atom stereocenters. The van der Waals surface area contributed by atoms with Gasteiger partial charge in [-0.25, -0.2) is 0 Å². The highest BCUT2D eigenvalue weighted by atomic mass is 16.1. The summed E-state index contributed by atoms with van der Waals surface area (Å²) in [5, 5.41) is 3.44. The highest BCUT2D eigenvalue weighted by Gasteiger charge is 2.50. The number of hydrogen-bond donors (Lipinski definition) is 1. The van der Waals surface area contributed by atoms with Crippen molar-refractivity contribution in [3.05, 3.63) is 120 Å². The van der Waals surface area contributed by atoms with Gasteiger partial charge in [-0.15, -0.1) is 6.58 Å². The number of benzene rings is 3. The molecule has 0 aliphatic heterocycles. The van der Waals surface area contributed by atoms with E-state index in [4.69, 9.17) is 0 Å². The molecule has 148 valence electrons. The predicted octanol–water partition coefficient (Wildman–Crippen LogP) is 6.33. The summed E-state index contributed by atoms with van der Waals surface area (Å²) in [5.41, 5.74) is 1.84. The summed E-state index contributed by atoms with van der Waals surface area (Å²) in [6.07, 6.45) is 1.96. The Morgan fingerprint density at radius 2 is 1.31 bits per heavy atom. The second kappa shape index (κ2) is 8.48. The summed E-state index contributed by atoms with van der Waals surface area (Å²) in [5.74, 6) is -0.203. The Morgan fingerprint density at radius 3 is 1.79 bits per heavy atom. The molecule has 3 aromatic rings. The summed E-state index contributed by atoms with van der Waals surface area (Å²) in [6, 6.07) is 29.9. The maximum absolute atomic E-state index is 13.4. The average Bonchev–Trinajstić information content (AvgIpc) is 2.74. The van der Waals surface area contributed by atoms with Crippen LogP contribution in [-0.2, 0) is 5.54 Å². The molecule has 0 fully saturated rings. The van der Waals surface area contributed by atoms with E-state index in [1.165, 1.54) is 0 Å². The van der Waals surface area contributed by atoms with Crippen LogP contribution in [0, 0.1) is 5.41 Å². The van der Waals surface area contributed by atoms with Crippen molar-refractivity contribution in [2.24, 2.45) is 5.41 Å². The van der Waals surface area contributed by atoms with Crippen LogP contribution in [-0.4, -0.2) is 5.91 Å². The van der Waals surface area contributed by atoms with Gasteiger partial charge in [0.05, 0.1) is 5.54 Å². The van der Waals surface area contributed by atoms with Crippen LogP contribution in [0.15, 0.2) is 104 Å². The summed E-state index contributed by atoms with van der Waals surface area (Å²) in [4.78, 5) is 13.4. The van der Waals surface area contributed by atoms with E-state index >= 15 is 0 Å². The van der Waals surface area contributed by atoms with Gasteiger partial charge in [-0.1, -0.05) is 106 Å². The lowest BCUT2D eigenvalue weighted by atomic mass is 9.60. The fourth-order valence-corrected chi connectivity index (χ4v) is 4.18. The molecule has 0 bridgehead atoms. The minimum absolute atomic E-state index is 0.0906. The molecule has 1 amide bonds. The molecule has 29 heavy (non-hydrogen) atoms. The van der Waals surface area contributed by atoms with Gasteiger partial charge in [-0.3, -0.25) is 4.79 Å². The molecule has 3 aromatic carbocycles. The Balaban J connectivity index is 2.23. The van der Waals surface area contributed by atoms with Crippen LogP contribution in [0.3, 0.4) is 0 Å². The van der Waals surface area contributed by atoms with Crippen molar-refractivity contribution in [3.63, 3.8) is 0 Å². The highest BCUT2D eigenvalue weighted by molar-refractivity contribution is 5.95. The Hall–Kier alpha value is -3.13. The van der Waals surface area contributed by atoms with Gasteiger partial charge in [0.25, 0.3) is 5.91 Å². The van der Waals surface area contributed by atoms with E-state index in [1.54, 1.807) is 0 Å². The van der Waals surface area contributed by atoms with E-state index in [9.17, 15) is 4.79 Å². The molecule has 0 saturated heterocycles. The number of rotatable bonds is 6. The van der Waals surface area contributed by atoms with E-state index in [0.29, 0.717) is 5.56 Å². The fraction of sp³-hybridized carbons (Fsp3) is 0.222. The van der Waals surface area contributed by atoms with Crippen LogP contribution in [0.1, 0.15) is 48.2 Å². The first-order valence-corrected chi connectivity index (χ1v) is 10.0. The average molecular weight is 384 g/mol. The van der Waals surface area contributed by atoms with Crippen LogP contribution >= 0.6 is 0 Å². The van der Waals surface area contributed by atoms with Crippen molar-refractivity contribution in [2.45, 2.75) is 32.2 Å². The third-order valence-electron chi connectivity index (χ3n) is 5.62. The Kier molecular flexibility index (Phi) is 6.03. The van der Waals surface area contributed by atoms with Crippen molar-refractivity contribution < 1.29 is 4.79 Å². The lowest BCUT2D eigenvalue weighted by Gasteiger charge is -2.50. The SMILES string of the molecule is C=CC(c1ccccc1)C(NC(=O)c1ccccc1)(c1ccccc1)C(C)(C)C. The molecule has 0 saturated carbocycles. The number of hydrogen-bond acceptors (Lipinski definition) is 1. The lowest BCUT2D eigenvalue weighted by molar-refractivity contribution is 0.0711. The predicted molar refractivity (Wildman–Crippen MR) is 121 cm³/mol. The number of nitrogens with one attached hydrogen (secondary N) is 1. The molecule has 0 heterocycles. The van der Waals surface area contributed by atoms with Gasteiger partial charge in [0.15, 0.2) is 0 Å². The Bertz CT molecular complexity index is 942. The molecular weight excluding hydrogens is 354 g/mol. The van der Waals surface area contributed by atoms with Crippen LogP contribution in [0.2, 0.25) is 0 Å². The smallest absolute Gasteiger partial charge is 0.252 e. The zero-order valence-electron chi connectivity index (χ0n) is 17.4. The van der Waals surface area contributed by atoms with Crippen molar-refractivity contribution in [1.29, 1.82) is 0 Å². The van der Waals surface area contributed by atoms with E-state index in [1.807, 2.05) is 72.8 Å². The van der Waals surface area contributed by atoms with Gasteiger partial charge >= 0.3 is 0 Å². The fourth-order valence-electron chi connectivity index (χ4n) is 4.18. The van der Waals surface area contributed by atoms with Gasteiger partial charge in [-0.05, 0) is 28.7 Å². The first kappa shape index (κ1) is 20.6. The normalized spacial score (nSPS) is 14.4. The molecule has 2 unspecified atom stereocenters. The zero-order valence-corrected chi connectivity index (χ0v) is 17.4. The number of amides is 1. The van der Waals surface area contributed by atoms with Crippen molar-refractivity contribution in [1.82, 2.24) is 5.32 Å². The lowest BCUT2D eigenvalue weighted by Crippen LogP contribution is -2.57. The van der Waals surface area contributed by atoms with Gasteiger partial charge in [-0.2, -0.15) is 0 Å². The van der Waals surface area contributed by atoms with E-state index < -0.39 is 5.54 Å². The first-order chi connectivity index (χ1) is 13.9. The summed E-state index contributed by atoms with van der Waals surface area (Å²) in [7, 11) is 0. The molecular formula is C27H29NO. The number of carbonyl (C=O) groups is 1. The maximum Gasteiger partial charge on any atom is 0.252 e. The van der Waals surface area contributed by atoms with Gasteiger partial charge in [0, 0.05) is 11.5 Å². The summed E-state index contributed by atoms with van der Waals surface area (Å²) >= 11 is 0. The van der Waals surface area contributed by atoms with Gasteiger partial charge < -0.3 is 5.32 Å². The monoisotopic (exact) mass is 383 g/mol. The molecule has 0 spiro atoms. The minimum Gasteiger partial charge on any atom is -0.341 e. The molecule has 0 aliphatic carbocycles. The second-order valence-electron chi connectivity index (χ2n) is 8.37. The largest absolute Gasteiger partial charge is 0.341 e. The van der Waals surface area contributed by atoms with E-state index in [2.05, 4.69) is 56.9 Å². The van der Waals surface area contributed by atoms with Gasteiger partial charge in [0.2, 0.25) is 0 Å². The topological polar surface area (TPSA) is 29.1 Å². The van der Waals surface area contributed by atoms with E-state index in [0.717, 1.165) is 11.1 Å². The van der Waals surface area contributed by atoms with Crippen molar-refractivity contribution >= 4 is 5.91 Å². The molecule has 0 radical (unpaired) electrons. The first-order valence-electron chi connectivity index (χ1n) is 10.0. The Labute approximate surface area is 174 Å². The highest BCUT2D eigenvalue weighted by Crippen LogP contribution is 2.50. The second-order valence-corrected chi connectivity index (χ2v) is 8.37. The molecule has 0 aromatic heterocycles. The van der Waals surface area contributed by atoms with Gasteiger partial charge in [0.1, 0.15) is 0 Å². The molecule has 3 rings (SSSR count). The van der Waals surface area contributed by atoms with E-state index in [-0.39, 0.29) is 17.2 Å². The Morgan fingerprint density at radius 1 is 0.828 bits per heavy atom. The van der Waals surface area contributed by atoms with Crippen LogP contribution in [0.25, 0.3) is 0 Å². The maximum atomic E-state index is 13.4. The molecule has 0 aliphatic rings. The van der Waals surface area contributed by atoms with Crippen LogP contribution in [0.5, 0.6) is 0 Å². The van der Waals surface area contributed by atoms with Crippen LogP contribution < -0.4 is 5.32 Å². The molecule has 2 heteroatoms. The number of carbonyl (C=O) groups excluding carboxylic acids is 1. The quantitative estimate of drug-likeness (QED) is 0.495. The molecule has 1 N–H and O–H groups in total.